The number of nitrogens with zero attached hydrogens (tertiary/aromatic N) is 2. The quantitative estimate of drug-likeness (QED) is 0.820. The summed E-state index contributed by atoms with van der Waals surface area (Å²) in [6.45, 7) is 5.72. The van der Waals surface area contributed by atoms with Crippen LogP contribution in [-0.2, 0) is 6.54 Å². The molecule has 0 N–H and O–H groups in total. The van der Waals surface area contributed by atoms with Gasteiger partial charge in [0, 0.05) is 6.54 Å². The van der Waals surface area contributed by atoms with E-state index in [-0.39, 0.29) is 0 Å². The summed E-state index contributed by atoms with van der Waals surface area (Å²) in [5.41, 5.74) is 0.637. The van der Waals surface area contributed by atoms with Crippen molar-refractivity contribution in [2.24, 2.45) is 0 Å². The molecule has 0 saturated heterocycles. The largest absolute Gasteiger partial charge is 0.486 e. The van der Waals surface area contributed by atoms with E-state index >= 15 is 0 Å². The van der Waals surface area contributed by atoms with Crippen molar-refractivity contribution in [3.05, 3.63) is 23.8 Å². The second-order valence-corrected chi connectivity index (χ2v) is 5.00. The first-order valence-corrected chi connectivity index (χ1v) is 6.04. The molecule has 0 saturated carbocycles. The van der Waals surface area contributed by atoms with Crippen LogP contribution < -0.4 is 9.47 Å². The standard InChI is InChI=1S/C14H18N2O2/c1-14(2,10-15)16(3)9-11-4-5-12-13(8-11)18-7-6-17-12/h4-5,8H,6-7,9H2,1-3H3. The highest BCUT2D eigenvalue weighted by Gasteiger charge is 2.23. The predicted molar refractivity (Wildman–Crippen MR) is 68.6 cm³/mol. The van der Waals surface area contributed by atoms with E-state index in [1.165, 1.54) is 0 Å². The maximum atomic E-state index is 9.10. The van der Waals surface area contributed by atoms with Crippen molar-refractivity contribution in [1.82, 2.24) is 4.90 Å². The highest BCUT2D eigenvalue weighted by atomic mass is 16.6. The monoisotopic (exact) mass is 246 g/mol. The molecule has 1 aliphatic heterocycles. The molecule has 4 heteroatoms. The summed E-state index contributed by atoms with van der Waals surface area (Å²) in [4.78, 5) is 2.01. The summed E-state index contributed by atoms with van der Waals surface area (Å²) < 4.78 is 11.0. The minimum absolute atomic E-state index is 0.479. The van der Waals surface area contributed by atoms with Gasteiger partial charge in [-0.25, -0.2) is 0 Å². The van der Waals surface area contributed by atoms with Gasteiger partial charge in [0.15, 0.2) is 11.5 Å². The number of benzene rings is 1. The van der Waals surface area contributed by atoms with Gasteiger partial charge in [0.25, 0.3) is 0 Å². The Morgan fingerprint density at radius 3 is 2.61 bits per heavy atom. The third-order valence-electron chi connectivity index (χ3n) is 3.25. The van der Waals surface area contributed by atoms with Crippen molar-refractivity contribution in [3.63, 3.8) is 0 Å². The van der Waals surface area contributed by atoms with E-state index in [0.717, 1.165) is 17.1 Å². The number of fused-ring (bicyclic) bond motifs is 1. The van der Waals surface area contributed by atoms with Crippen molar-refractivity contribution >= 4 is 0 Å². The maximum Gasteiger partial charge on any atom is 0.161 e. The summed E-state index contributed by atoms with van der Waals surface area (Å²) in [5, 5.41) is 9.10. The second kappa shape index (κ2) is 4.87. The van der Waals surface area contributed by atoms with Crippen LogP contribution in [0.25, 0.3) is 0 Å². The summed E-state index contributed by atoms with van der Waals surface area (Å²) in [6.07, 6.45) is 0. The highest BCUT2D eigenvalue weighted by Crippen LogP contribution is 2.31. The van der Waals surface area contributed by atoms with Gasteiger partial charge < -0.3 is 9.47 Å². The second-order valence-electron chi connectivity index (χ2n) is 5.00. The zero-order valence-electron chi connectivity index (χ0n) is 11.1. The average molecular weight is 246 g/mol. The number of hydrogen-bond acceptors (Lipinski definition) is 4. The van der Waals surface area contributed by atoms with E-state index in [1.807, 2.05) is 44.0 Å². The molecule has 0 aromatic heterocycles. The fourth-order valence-corrected chi connectivity index (χ4v) is 1.74. The highest BCUT2D eigenvalue weighted by molar-refractivity contribution is 5.43. The maximum absolute atomic E-state index is 9.10. The molecular weight excluding hydrogens is 228 g/mol. The minimum atomic E-state index is -0.479. The van der Waals surface area contributed by atoms with Gasteiger partial charge in [-0.1, -0.05) is 6.07 Å². The average Bonchev–Trinajstić information content (AvgIpc) is 2.38. The van der Waals surface area contributed by atoms with Crippen LogP contribution in [0.5, 0.6) is 11.5 Å². The molecule has 0 amide bonds. The van der Waals surface area contributed by atoms with Crippen molar-refractivity contribution < 1.29 is 9.47 Å². The van der Waals surface area contributed by atoms with Crippen LogP contribution in [0.2, 0.25) is 0 Å². The van der Waals surface area contributed by atoms with E-state index in [4.69, 9.17) is 14.7 Å². The van der Waals surface area contributed by atoms with Gasteiger partial charge in [-0.05, 0) is 38.6 Å². The molecule has 1 aliphatic rings. The van der Waals surface area contributed by atoms with Crippen LogP contribution in [0, 0.1) is 11.3 Å². The van der Waals surface area contributed by atoms with E-state index in [1.54, 1.807) is 0 Å². The summed E-state index contributed by atoms with van der Waals surface area (Å²) in [5.74, 6) is 1.59. The Labute approximate surface area is 108 Å². The fraction of sp³-hybridized carbons (Fsp3) is 0.500. The lowest BCUT2D eigenvalue weighted by atomic mass is 10.0. The summed E-state index contributed by atoms with van der Waals surface area (Å²) in [6, 6.07) is 8.22. The smallest absolute Gasteiger partial charge is 0.161 e. The molecule has 0 unspecified atom stereocenters. The molecule has 0 spiro atoms. The number of rotatable bonds is 3. The molecular formula is C14H18N2O2. The molecule has 18 heavy (non-hydrogen) atoms. The molecule has 1 heterocycles. The third kappa shape index (κ3) is 2.57. The van der Waals surface area contributed by atoms with Crippen molar-refractivity contribution in [2.75, 3.05) is 20.3 Å². The van der Waals surface area contributed by atoms with Crippen LogP contribution in [0.1, 0.15) is 19.4 Å². The Kier molecular flexibility index (Phi) is 3.44. The normalized spacial score (nSPS) is 14.4. The Morgan fingerprint density at radius 2 is 1.94 bits per heavy atom. The van der Waals surface area contributed by atoms with Gasteiger partial charge >= 0.3 is 0 Å². The van der Waals surface area contributed by atoms with E-state index < -0.39 is 5.54 Å². The van der Waals surface area contributed by atoms with Crippen molar-refractivity contribution in [2.45, 2.75) is 25.9 Å². The molecule has 0 bridgehead atoms. The molecule has 1 aromatic rings. The SMILES string of the molecule is CN(Cc1ccc2c(c1)OCCO2)C(C)(C)C#N. The minimum Gasteiger partial charge on any atom is -0.486 e. The fourth-order valence-electron chi connectivity index (χ4n) is 1.74. The van der Waals surface area contributed by atoms with Crippen LogP contribution in [-0.4, -0.2) is 30.7 Å². The van der Waals surface area contributed by atoms with E-state index in [2.05, 4.69) is 6.07 Å². The van der Waals surface area contributed by atoms with Gasteiger partial charge in [-0.3, -0.25) is 4.90 Å². The van der Waals surface area contributed by atoms with Crippen LogP contribution in [0.3, 0.4) is 0 Å². The van der Waals surface area contributed by atoms with Crippen molar-refractivity contribution in [1.29, 1.82) is 5.26 Å². The molecule has 0 radical (unpaired) electrons. The van der Waals surface area contributed by atoms with E-state index in [9.17, 15) is 0 Å². The number of hydrogen-bond donors (Lipinski definition) is 0. The van der Waals surface area contributed by atoms with Gasteiger partial charge in [-0.2, -0.15) is 5.26 Å². The molecule has 2 rings (SSSR count). The zero-order chi connectivity index (χ0) is 13.2. The first kappa shape index (κ1) is 12.7. The molecule has 4 nitrogen and oxygen atoms in total. The van der Waals surface area contributed by atoms with E-state index in [0.29, 0.717) is 19.8 Å². The Morgan fingerprint density at radius 1 is 1.28 bits per heavy atom. The lowest BCUT2D eigenvalue weighted by Gasteiger charge is -2.29. The lowest BCUT2D eigenvalue weighted by molar-refractivity contribution is 0.170. The predicted octanol–water partition coefficient (Wildman–Crippen LogP) is 2.19. The Bertz CT molecular complexity index is 477. The van der Waals surface area contributed by atoms with Crippen molar-refractivity contribution in [3.8, 4) is 17.6 Å². The molecule has 1 aromatic carbocycles. The number of ether oxygens (including phenoxy) is 2. The first-order valence-electron chi connectivity index (χ1n) is 6.04. The van der Waals surface area contributed by atoms with Crippen LogP contribution in [0.4, 0.5) is 0 Å². The van der Waals surface area contributed by atoms with Gasteiger partial charge in [0.1, 0.15) is 18.8 Å². The molecule has 0 aliphatic carbocycles. The van der Waals surface area contributed by atoms with Gasteiger partial charge in [0.05, 0.1) is 6.07 Å². The Hall–Kier alpha value is -1.73. The van der Waals surface area contributed by atoms with Gasteiger partial charge in [0.2, 0.25) is 0 Å². The Balaban J connectivity index is 2.13. The zero-order valence-corrected chi connectivity index (χ0v) is 11.1. The lowest BCUT2D eigenvalue weighted by Crippen LogP contribution is -2.39. The van der Waals surface area contributed by atoms with Gasteiger partial charge in [-0.15, -0.1) is 0 Å². The summed E-state index contributed by atoms with van der Waals surface area (Å²) >= 11 is 0. The third-order valence-corrected chi connectivity index (χ3v) is 3.25. The van der Waals surface area contributed by atoms with Crippen LogP contribution >= 0.6 is 0 Å². The van der Waals surface area contributed by atoms with Crippen LogP contribution in [0.15, 0.2) is 18.2 Å². The molecule has 96 valence electrons. The first-order chi connectivity index (χ1) is 8.53. The molecule has 0 atom stereocenters. The summed E-state index contributed by atoms with van der Waals surface area (Å²) in [7, 11) is 1.94. The number of nitriles is 1. The molecule has 0 fully saturated rings. The topological polar surface area (TPSA) is 45.5 Å².